The fourth-order valence-electron chi connectivity index (χ4n) is 1.01. The smallest absolute Gasteiger partial charge is 0.150 e. The van der Waals surface area contributed by atoms with Crippen LogP contribution in [0.2, 0.25) is 0 Å². The monoisotopic (exact) mass is 241 g/mol. The summed E-state index contributed by atoms with van der Waals surface area (Å²) < 4.78 is 0. The number of rotatable bonds is 6. The maximum absolute atomic E-state index is 11.2. The molecular weight excluding hydrogens is 226 g/mol. The summed E-state index contributed by atoms with van der Waals surface area (Å²) in [6, 6.07) is 9.76. The van der Waals surface area contributed by atoms with Crippen molar-refractivity contribution in [2.75, 3.05) is 5.75 Å². The number of ketones is 1. The molecule has 1 aromatic rings. The minimum atomic E-state index is -0.323. The van der Waals surface area contributed by atoms with E-state index in [1.54, 1.807) is 21.6 Å². The molecule has 0 saturated carbocycles. The first-order chi connectivity index (χ1) is 7.24. The molecule has 0 fully saturated rings. The van der Waals surface area contributed by atoms with Gasteiger partial charge in [-0.15, -0.1) is 0 Å². The molecule has 1 unspecified atom stereocenters. The number of benzene rings is 1. The van der Waals surface area contributed by atoms with Crippen molar-refractivity contribution in [1.29, 1.82) is 0 Å². The van der Waals surface area contributed by atoms with Gasteiger partial charge in [0.05, 0.1) is 6.04 Å². The molecule has 4 heteroatoms. The summed E-state index contributed by atoms with van der Waals surface area (Å²) >= 11 is 0. The van der Waals surface area contributed by atoms with Crippen LogP contribution in [0.15, 0.2) is 35.2 Å². The largest absolute Gasteiger partial charge is 0.321 e. The van der Waals surface area contributed by atoms with Gasteiger partial charge in [0.1, 0.15) is 5.78 Å². The Hall–Kier alpha value is -0.450. The average Bonchev–Trinajstić information content (AvgIpc) is 2.29. The van der Waals surface area contributed by atoms with Crippen molar-refractivity contribution >= 4 is 27.4 Å². The van der Waals surface area contributed by atoms with E-state index in [-0.39, 0.29) is 11.8 Å². The molecule has 0 amide bonds. The van der Waals surface area contributed by atoms with Crippen LogP contribution >= 0.6 is 21.6 Å². The summed E-state index contributed by atoms with van der Waals surface area (Å²) in [5, 5.41) is 0. The van der Waals surface area contributed by atoms with Crippen molar-refractivity contribution in [3.8, 4) is 0 Å². The zero-order valence-electron chi connectivity index (χ0n) is 8.68. The van der Waals surface area contributed by atoms with Gasteiger partial charge in [-0.3, -0.25) is 4.79 Å². The fraction of sp³-hybridized carbons (Fsp3) is 0.364. The van der Waals surface area contributed by atoms with Crippen molar-refractivity contribution in [2.45, 2.75) is 24.3 Å². The predicted molar refractivity (Wildman–Crippen MR) is 68.0 cm³/mol. The summed E-state index contributed by atoms with van der Waals surface area (Å²) in [6.07, 6.45) is 0.526. The average molecular weight is 241 g/mol. The molecule has 0 aliphatic carbocycles. The van der Waals surface area contributed by atoms with Crippen LogP contribution in [0.1, 0.15) is 13.3 Å². The van der Waals surface area contributed by atoms with E-state index in [2.05, 4.69) is 0 Å². The summed E-state index contributed by atoms with van der Waals surface area (Å²) in [5.74, 6) is 0.808. The Morgan fingerprint density at radius 1 is 1.40 bits per heavy atom. The lowest BCUT2D eigenvalue weighted by Gasteiger charge is -2.07. The molecule has 0 aliphatic heterocycles. The van der Waals surface area contributed by atoms with Crippen molar-refractivity contribution in [3.05, 3.63) is 30.3 Å². The zero-order valence-corrected chi connectivity index (χ0v) is 10.3. The molecule has 0 aliphatic rings. The van der Waals surface area contributed by atoms with Gasteiger partial charge in [0.2, 0.25) is 0 Å². The third kappa shape index (κ3) is 4.73. The van der Waals surface area contributed by atoms with Gasteiger partial charge in [-0.1, -0.05) is 46.7 Å². The number of hydrogen-bond acceptors (Lipinski definition) is 4. The lowest BCUT2D eigenvalue weighted by molar-refractivity contribution is -0.119. The number of carbonyl (C=O) groups is 1. The van der Waals surface area contributed by atoms with Crippen molar-refractivity contribution in [2.24, 2.45) is 5.73 Å². The number of nitrogens with two attached hydrogens (primary N) is 1. The summed E-state index contributed by atoms with van der Waals surface area (Å²) in [6.45, 7) is 1.84. The third-order valence-corrected chi connectivity index (χ3v) is 4.32. The van der Waals surface area contributed by atoms with Crippen LogP contribution in [-0.2, 0) is 4.79 Å². The number of hydrogen-bond donors (Lipinski definition) is 1. The molecule has 0 radical (unpaired) electrons. The molecule has 1 atom stereocenters. The van der Waals surface area contributed by atoms with Gasteiger partial charge in [-0.2, -0.15) is 0 Å². The normalized spacial score (nSPS) is 12.4. The first kappa shape index (κ1) is 12.6. The lowest BCUT2D eigenvalue weighted by Crippen LogP contribution is -2.31. The van der Waals surface area contributed by atoms with Crippen LogP contribution in [0.5, 0.6) is 0 Å². The highest BCUT2D eigenvalue weighted by atomic mass is 33.1. The second kappa shape index (κ2) is 6.93. The number of carbonyl (C=O) groups excluding carboxylic acids is 1. The van der Waals surface area contributed by atoms with Gasteiger partial charge in [0, 0.05) is 17.1 Å². The minimum Gasteiger partial charge on any atom is -0.321 e. The van der Waals surface area contributed by atoms with E-state index in [1.165, 1.54) is 4.90 Å². The van der Waals surface area contributed by atoms with Crippen molar-refractivity contribution in [1.82, 2.24) is 0 Å². The van der Waals surface area contributed by atoms with Crippen molar-refractivity contribution in [3.63, 3.8) is 0 Å². The maximum Gasteiger partial charge on any atom is 0.150 e. The van der Waals surface area contributed by atoms with Gasteiger partial charge in [0.25, 0.3) is 0 Å². The van der Waals surface area contributed by atoms with Crippen LogP contribution < -0.4 is 5.73 Å². The fourth-order valence-corrected chi connectivity index (χ4v) is 3.20. The molecule has 0 aromatic heterocycles. The quantitative estimate of drug-likeness (QED) is 0.778. The van der Waals surface area contributed by atoms with E-state index in [4.69, 9.17) is 5.73 Å². The first-order valence-electron chi connectivity index (χ1n) is 4.87. The van der Waals surface area contributed by atoms with Gasteiger partial charge < -0.3 is 5.73 Å². The zero-order chi connectivity index (χ0) is 11.1. The van der Waals surface area contributed by atoms with Crippen LogP contribution in [-0.4, -0.2) is 17.6 Å². The van der Waals surface area contributed by atoms with Gasteiger partial charge in [0.15, 0.2) is 0 Å². The van der Waals surface area contributed by atoms with E-state index >= 15 is 0 Å². The molecule has 0 heterocycles. The van der Waals surface area contributed by atoms with E-state index in [0.717, 1.165) is 0 Å². The molecule has 0 spiro atoms. The van der Waals surface area contributed by atoms with Crippen LogP contribution in [0.25, 0.3) is 0 Å². The summed E-state index contributed by atoms with van der Waals surface area (Å²) in [5.41, 5.74) is 5.71. The Balaban J connectivity index is 2.25. The SMILES string of the molecule is CCC(=O)C(N)CSSc1ccccc1. The Labute approximate surface area is 98.4 Å². The molecule has 1 aromatic carbocycles. The second-order valence-electron chi connectivity index (χ2n) is 3.11. The highest BCUT2D eigenvalue weighted by Gasteiger charge is 2.10. The molecular formula is C11H15NOS2. The van der Waals surface area contributed by atoms with Crippen molar-refractivity contribution < 1.29 is 4.79 Å². The molecule has 2 N–H and O–H groups in total. The van der Waals surface area contributed by atoms with Gasteiger partial charge in [-0.05, 0) is 12.1 Å². The maximum atomic E-state index is 11.2. The Morgan fingerprint density at radius 2 is 2.07 bits per heavy atom. The number of Topliss-reactive ketones (excluding diaryl/α,β-unsaturated/α-hetero) is 1. The Morgan fingerprint density at radius 3 is 2.67 bits per heavy atom. The molecule has 1 rings (SSSR count). The third-order valence-electron chi connectivity index (χ3n) is 1.91. The summed E-state index contributed by atoms with van der Waals surface area (Å²) in [7, 11) is 3.29. The Bertz CT molecular complexity index is 303. The van der Waals surface area contributed by atoms with Crippen LogP contribution in [0.4, 0.5) is 0 Å². The highest BCUT2D eigenvalue weighted by molar-refractivity contribution is 8.76. The Kier molecular flexibility index (Phi) is 5.83. The van der Waals surface area contributed by atoms with E-state index in [1.807, 2.05) is 37.3 Å². The highest BCUT2D eigenvalue weighted by Crippen LogP contribution is 2.30. The van der Waals surface area contributed by atoms with E-state index in [9.17, 15) is 4.79 Å². The molecule has 2 nitrogen and oxygen atoms in total. The topological polar surface area (TPSA) is 43.1 Å². The standard InChI is InChI=1S/C11H15NOS2/c1-2-11(13)10(12)8-14-15-9-6-4-3-5-7-9/h3-7,10H,2,8,12H2,1H3. The van der Waals surface area contributed by atoms with Crippen LogP contribution in [0, 0.1) is 0 Å². The summed E-state index contributed by atoms with van der Waals surface area (Å²) in [4.78, 5) is 12.4. The second-order valence-corrected chi connectivity index (χ2v) is 5.52. The van der Waals surface area contributed by atoms with Gasteiger partial charge >= 0.3 is 0 Å². The predicted octanol–water partition coefficient (Wildman–Crippen LogP) is 2.73. The van der Waals surface area contributed by atoms with E-state index < -0.39 is 0 Å². The minimum absolute atomic E-state index is 0.135. The molecule has 82 valence electrons. The lowest BCUT2D eigenvalue weighted by atomic mass is 10.2. The molecule has 15 heavy (non-hydrogen) atoms. The molecule has 0 saturated heterocycles. The van der Waals surface area contributed by atoms with Crippen LogP contribution in [0.3, 0.4) is 0 Å². The first-order valence-corrected chi connectivity index (χ1v) is 7.18. The molecule has 0 bridgehead atoms. The van der Waals surface area contributed by atoms with Gasteiger partial charge in [-0.25, -0.2) is 0 Å². The van der Waals surface area contributed by atoms with E-state index in [0.29, 0.717) is 12.2 Å².